The highest BCUT2D eigenvalue weighted by Crippen LogP contribution is 2.23. The number of piperazine rings is 1. The standard InChI is InChI=1S/C17H19N3O/c1-14-12-15(13-21)5-6-16(14)19-8-10-20(11-9-19)17-4-2-3-7-18-17/h2-7,12-13H,8-11H2,1H3. The van der Waals surface area contributed by atoms with Gasteiger partial charge < -0.3 is 9.80 Å². The predicted octanol–water partition coefficient (Wildman–Crippen LogP) is 2.53. The first-order valence-electron chi connectivity index (χ1n) is 7.25. The molecule has 4 nitrogen and oxygen atoms in total. The summed E-state index contributed by atoms with van der Waals surface area (Å²) in [4.78, 5) is 19.9. The van der Waals surface area contributed by atoms with E-state index in [9.17, 15) is 4.79 Å². The van der Waals surface area contributed by atoms with Gasteiger partial charge in [0.25, 0.3) is 0 Å². The number of nitrogens with zero attached hydrogens (tertiary/aromatic N) is 3. The molecule has 1 aromatic heterocycles. The van der Waals surface area contributed by atoms with Gasteiger partial charge in [0.05, 0.1) is 0 Å². The highest BCUT2D eigenvalue weighted by molar-refractivity contribution is 5.77. The van der Waals surface area contributed by atoms with Crippen LogP contribution in [0.4, 0.5) is 11.5 Å². The summed E-state index contributed by atoms with van der Waals surface area (Å²) in [5.74, 6) is 1.05. The number of carbonyl (C=O) groups is 1. The topological polar surface area (TPSA) is 36.4 Å². The van der Waals surface area contributed by atoms with Gasteiger partial charge in [0, 0.05) is 43.6 Å². The molecule has 0 unspecified atom stereocenters. The highest BCUT2D eigenvalue weighted by atomic mass is 16.1. The number of aldehydes is 1. The molecule has 2 heterocycles. The first kappa shape index (κ1) is 13.6. The highest BCUT2D eigenvalue weighted by Gasteiger charge is 2.19. The summed E-state index contributed by atoms with van der Waals surface area (Å²) in [6, 6.07) is 11.9. The molecule has 0 amide bonds. The minimum Gasteiger partial charge on any atom is -0.368 e. The molecule has 1 saturated heterocycles. The maximum atomic E-state index is 10.8. The fourth-order valence-electron chi connectivity index (χ4n) is 2.82. The normalized spacial score (nSPS) is 15.1. The van der Waals surface area contributed by atoms with Gasteiger partial charge in [-0.3, -0.25) is 4.79 Å². The lowest BCUT2D eigenvalue weighted by Gasteiger charge is -2.37. The van der Waals surface area contributed by atoms with Crippen molar-refractivity contribution in [2.45, 2.75) is 6.92 Å². The molecule has 1 aliphatic rings. The third-order valence-electron chi connectivity index (χ3n) is 3.95. The van der Waals surface area contributed by atoms with Crippen LogP contribution in [-0.2, 0) is 0 Å². The van der Waals surface area contributed by atoms with E-state index in [1.54, 1.807) is 0 Å². The number of benzene rings is 1. The van der Waals surface area contributed by atoms with Crippen molar-refractivity contribution in [3.05, 3.63) is 53.7 Å². The number of hydrogen-bond donors (Lipinski definition) is 0. The van der Waals surface area contributed by atoms with Gasteiger partial charge in [-0.15, -0.1) is 0 Å². The number of aromatic nitrogens is 1. The molecule has 0 saturated carbocycles. The third-order valence-corrected chi connectivity index (χ3v) is 3.95. The van der Waals surface area contributed by atoms with Crippen molar-refractivity contribution in [3.8, 4) is 0 Å². The minimum absolute atomic E-state index is 0.739. The quantitative estimate of drug-likeness (QED) is 0.810. The van der Waals surface area contributed by atoms with Crippen molar-refractivity contribution in [1.29, 1.82) is 0 Å². The summed E-state index contributed by atoms with van der Waals surface area (Å²) >= 11 is 0. The molecule has 0 N–H and O–H groups in total. The molecule has 0 aliphatic carbocycles. The van der Waals surface area contributed by atoms with Gasteiger partial charge in [0.1, 0.15) is 12.1 Å². The predicted molar refractivity (Wildman–Crippen MR) is 85.2 cm³/mol. The number of aryl methyl sites for hydroxylation is 1. The Balaban J connectivity index is 1.70. The second-order valence-corrected chi connectivity index (χ2v) is 5.33. The van der Waals surface area contributed by atoms with Crippen molar-refractivity contribution in [2.75, 3.05) is 36.0 Å². The van der Waals surface area contributed by atoms with Gasteiger partial charge in [-0.1, -0.05) is 6.07 Å². The fourth-order valence-corrected chi connectivity index (χ4v) is 2.82. The van der Waals surface area contributed by atoms with Gasteiger partial charge in [0.2, 0.25) is 0 Å². The molecular formula is C17H19N3O. The molecule has 0 radical (unpaired) electrons. The summed E-state index contributed by atoms with van der Waals surface area (Å²) in [7, 11) is 0. The van der Waals surface area contributed by atoms with Crippen LogP contribution in [0.2, 0.25) is 0 Å². The average Bonchev–Trinajstić information content (AvgIpc) is 2.56. The lowest BCUT2D eigenvalue weighted by atomic mass is 10.1. The molecule has 1 aliphatic heterocycles. The second-order valence-electron chi connectivity index (χ2n) is 5.33. The lowest BCUT2D eigenvalue weighted by molar-refractivity contribution is 0.112. The second kappa shape index (κ2) is 5.95. The Hall–Kier alpha value is -2.36. The Labute approximate surface area is 125 Å². The molecule has 108 valence electrons. The van der Waals surface area contributed by atoms with Crippen LogP contribution < -0.4 is 9.80 Å². The third kappa shape index (κ3) is 2.89. The van der Waals surface area contributed by atoms with E-state index in [4.69, 9.17) is 0 Å². The van der Waals surface area contributed by atoms with Crippen LogP contribution >= 0.6 is 0 Å². The van der Waals surface area contributed by atoms with E-state index >= 15 is 0 Å². The van der Waals surface area contributed by atoms with Gasteiger partial charge in [-0.05, 0) is 42.8 Å². The number of anilines is 2. The van der Waals surface area contributed by atoms with E-state index in [0.29, 0.717) is 0 Å². The van der Waals surface area contributed by atoms with Crippen LogP contribution in [0.25, 0.3) is 0 Å². The number of carbonyl (C=O) groups excluding carboxylic acids is 1. The van der Waals surface area contributed by atoms with Gasteiger partial charge in [0.15, 0.2) is 0 Å². The summed E-state index contributed by atoms with van der Waals surface area (Å²) in [5.41, 5.74) is 3.12. The van der Waals surface area contributed by atoms with Crippen LogP contribution in [0.5, 0.6) is 0 Å². The summed E-state index contributed by atoms with van der Waals surface area (Å²) in [5, 5.41) is 0. The monoisotopic (exact) mass is 281 g/mol. The molecule has 1 fully saturated rings. The molecule has 0 atom stereocenters. The zero-order chi connectivity index (χ0) is 14.7. The molecule has 1 aromatic carbocycles. The van der Waals surface area contributed by atoms with E-state index in [0.717, 1.165) is 49.4 Å². The van der Waals surface area contributed by atoms with Crippen LogP contribution in [0.15, 0.2) is 42.6 Å². The van der Waals surface area contributed by atoms with E-state index in [-0.39, 0.29) is 0 Å². The summed E-state index contributed by atoms with van der Waals surface area (Å²) < 4.78 is 0. The average molecular weight is 281 g/mol. The lowest BCUT2D eigenvalue weighted by Crippen LogP contribution is -2.47. The zero-order valence-corrected chi connectivity index (χ0v) is 12.2. The van der Waals surface area contributed by atoms with Crippen LogP contribution in [0.1, 0.15) is 15.9 Å². The van der Waals surface area contributed by atoms with E-state index in [1.165, 1.54) is 5.69 Å². The Morgan fingerprint density at radius 3 is 2.43 bits per heavy atom. The van der Waals surface area contributed by atoms with Gasteiger partial charge in [-0.25, -0.2) is 4.98 Å². The molecule has 3 rings (SSSR count). The summed E-state index contributed by atoms with van der Waals surface area (Å²) in [6.45, 7) is 5.93. The van der Waals surface area contributed by atoms with Gasteiger partial charge >= 0.3 is 0 Å². The largest absolute Gasteiger partial charge is 0.368 e. The molecule has 0 spiro atoms. The molecule has 0 bridgehead atoms. The van der Waals surface area contributed by atoms with Crippen molar-refractivity contribution in [1.82, 2.24) is 4.98 Å². The van der Waals surface area contributed by atoms with E-state index < -0.39 is 0 Å². The van der Waals surface area contributed by atoms with Crippen molar-refractivity contribution < 1.29 is 4.79 Å². The SMILES string of the molecule is Cc1cc(C=O)ccc1N1CCN(c2ccccn2)CC1. The molecule has 2 aromatic rings. The Bertz CT molecular complexity index is 619. The van der Waals surface area contributed by atoms with Crippen LogP contribution in [0.3, 0.4) is 0 Å². The minimum atomic E-state index is 0.739. The Kier molecular flexibility index (Phi) is 3.86. The maximum Gasteiger partial charge on any atom is 0.150 e. The van der Waals surface area contributed by atoms with Crippen molar-refractivity contribution in [2.24, 2.45) is 0 Å². The van der Waals surface area contributed by atoms with E-state index in [2.05, 4.69) is 33.8 Å². The molecular weight excluding hydrogens is 262 g/mol. The van der Waals surface area contributed by atoms with Crippen molar-refractivity contribution in [3.63, 3.8) is 0 Å². The first-order chi connectivity index (χ1) is 10.3. The van der Waals surface area contributed by atoms with Crippen LogP contribution in [0, 0.1) is 6.92 Å². The number of rotatable bonds is 3. The Morgan fingerprint density at radius 1 is 1.05 bits per heavy atom. The smallest absolute Gasteiger partial charge is 0.150 e. The van der Waals surface area contributed by atoms with Gasteiger partial charge in [-0.2, -0.15) is 0 Å². The van der Waals surface area contributed by atoms with Crippen molar-refractivity contribution >= 4 is 17.8 Å². The zero-order valence-electron chi connectivity index (χ0n) is 12.2. The van der Waals surface area contributed by atoms with Crippen LogP contribution in [-0.4, -0.2) is 37.4 Å². The maximum absolute atomic E-state index is 10.8. The summed E-state index contributed by atoms with van der Waals surface area (Å²) in [6.07, 6.45) is 2.74. The first-order valence-corrected chi connectivity index (χ1v) is 7.25. The fraction of sp³-hybridized carbons (Fsp3) is 0.294. The number of hydrogen-bond acceptors (Lipinski definition) is 4. The molecule has 4 heteroatoms. The molecule has 21 heavy (non-hydrogen) atoms. The Morgan fingerprint density at radius 2 is 1.81 bits per heavy atom. The van der Waals surface area contributed by atoms with E-state index in [1.807, 2.05) is 30.5 Å². The number of pyridine rings is 1.